The molecule has 3 nitrogen and oxygen atoms in total. The quantitative estimate of drug-likeness (QED) is 0.262. The van der Waals surface area contributed by atoms with E-state index >= 15 is 0 Å². The summed E-state index contributed by atoms with van der Waals surface area (Å²) in [5, 5.41) is -0.0278. The van der Waals surface area contributed by atoms with Gasteiger partial charge in [0.1, 0.15) is 0 Å². The smallest absolute Gasteiger partial charge is 0.870 e. The molecule has 0 aromatic rings. The molecule has 0 atom stereocenters. The normalized spacial score (nSPS) is 3.71. The Morgan fingerprint density at radius 3 is 1.43 bits per heavy atom. The number of hydrogen-bond acceptors (Lipinski definition) is 3. The van der Waals surface area contributed by atoms with Crippen LogP contribution in [-0.4, -0.2) is 16.1 Å². The van der Waals surface area contributed by atoms with Crippen LogP contribution in [0.3, 0.4) is 0 Å². The van der Waals surface area contributed by atoms with Gasteiger partial charge in [-0.3, -0.25) is 0 Å². The predicted octanol–water partition coefficient (Wildman–Crippen LogP) is -3.81. The van der Waals surface area contributed by atoms with Gasteiger partial charge in [0.05, 0.1) is 0 Å². The summed E-state index contributed by atoms with van der Waals surface area (Å²) in [4.78, 5) is 9.36. The van der Waals surface area contributed by atoms with Crippen molar-refractivity contribution in [2.24, 2.45) is 0 Å². The van der Waals surface area contributed by atoms with Crippen LogP contribution < -0.4 is 51.4 Å². The van der Waals surface area contributed by atoms with Crippen LogP contribution in [0.2, 0.25) is 0 Å². The van der Waals surface area contributed by atoms with Gasteiger partial charge < -0.3 is 11.0 Å². The van der Waals surface area contributed by atoms with Crippen molar-refractivity contribution in [2.45, 2.75) is 6.92 Å². The summed E-state index contributed by atoms with van der Waals surface area (Å²) < 4.78 is 0. The van der Waals surface area contributed by atoms with E-state index in [4.69, 9.17) is 0 Å². The second-order valence-electron chi connectivity index (χ2n) is 0.556. The fourth-order valence-corrected chi connectivity index (χ4v) is 0. The third kappa shape index (κ3) is 94.8. The zero-order chi connectivity index (χ0) is 3.58. The van der Waals surface area contributed by atoms with Gasteiger partial charge in [-0.15, -0.1) is 0 Å². The molecule has 0 amide bonds. The molecule has 40 valence electrons. The molecule has 0 rings (SSSR count). The Morgan fingerprint density at radius 1 is 1.43 bits per heavy atom. The minimum atomic E-state index is -0.0278. The van der Waals surface area contributed by atoms with Crippen LogP contribution in [0.1, 0.15) is 6.92 Å². The van der Waals surface area contributed by atoms with Crippen LogP contribution >= 0.6 is 0 Å². The number of carbonyl (C=O) groups excluding carboxylic acids is 1. The Balaban J connectivity index is -0.0000000150. The Hall–Kier alpha value is 1.58. The molecule has 7 heavy (non-hydrogen) atoms. The van der Waals surface area contributed by atoms with Crippen molar-refractivity contribution in [3.05, 3.63) is 0 Å². The largest absolute Gasteiger partial charge is 1.00 e. The Morgan fingerprint density at radius 2 is 1.43 bits per heavy atom. The maximum absolute atomic E-state index is 9.36. The van der Waals surface area contributed by atoms with Crippen LogP contribution in [-0.2, 0) is 17.4 Å². The molecule has 0 saturated carbocycles. The zero-order valence-electron chi connectivity index (χ0n) is 4.30. The van der Waals surface area contributed by atoms with Crippen molar-refractivity contribution < 1.29 is 67.1 Å². The van der Waals surface area contributed by atoms with E-state index in [1.807, 2.05) is 0 Å². The molecule has 0 aromatic carbocycles. The van der Waals surface area contributed by atoms with Crippen LogP contribution in [0.15, 0.2) is 0 Å². The van der Waals surface area contributed by atoms with Gasteiger partial charge >= 0.3 is 56.5 Å². The topological polar surface area (TPSA) is 77.1 Å². The molecule has 0 bridgehead atoms. The minimum Gasteiger partial charge on any atom is -0.870 e. The Bertz CT molecular complexity index is 35.9. The Kier molecular flexibility index (Phi) is 52.5. The summed E-state index contributed by atoms with van der Waals surface area (Å²) in [7, 11) is 0. The number of rotatable bonds is 0. The van der Waals surface area contributed by atoms with Crippen molar-refractivity contribution in [3.8, 4) is 0 Å². The maximum Gasteiger partial charge on any atom is 1.00 e. The fraction of sp³-hybridized carbons (Fsp3) is 0.500. The summed E-state index contributed by atoms with van der Waals surface area (Å²) in [6.07, 6.45) is 0. The number of hydrogen-bond donors (Lipinski definition) is 0. The van der Waals surface area contributed by atoms with E-state index in [1.54, 1.807) is 0 Å². The third-order valence-corrected chi connectivity index (χ3v) is 0. The average molecular weight is 150 g/mol. The summed E-state index contributed by atoms with van der Waals surface area (Å²) in [5.74, 6) is 0. The molecule has 0 saturated heterocycles. The van der Waals surface area contributed by atoms with E-state index in [2.05, 4.69) is 12.6 Å². The summed E-state index contributed by atoms with van der Waals surface area (Å²) in [5.41, 5.74) is 0. The molecule has 5 heteroatoms. The standard InChI is InChI=1S/C2H4OS.K.2H2O/c1-2(3)4;;;/h1H3,(H,3,4);;2*1H2/q;+1;;/p-1. The molecule has 2 N–H and O–H groups in total. The molecule has 0 spiro atoms. The monoisotopic (exact) mass is 150 g/mol. The average Bonchev–Trinajstić information content (AvgIpc) is 0.811. The van der Waals surface area contributed by atoms with E-state index in [0.717, 1.165) is 0 Å². The molecule has 0 fully saturated rings. The van der Waals surface area contributed by atoms with Crippen LogP contribution in [0.5, 0.6) is 0 Å². The van der Waals surface area contributed by atoms with Gasteiger partial charge in [0.25, 0.3) is 0 Å². The second-order valence-corrected chi connectivity index (χ2v) is 1.26. The first-order valence-corrected chi connectivity index (χ1v) is 1.45. The van der Waals surface area contributed by atoms with E-state index < -0.39 is 0 Å². The van der Waals surface area contributed by atoms with Gasteiger partial charge in [0, 0.05) is 19.6 Å². The van der Waals surface area contributed by atoms with Gasteiger partial charge in [-0.1, -0.05) is 0 Å². The fourth-order valence-electron chi connectivity index (χ4n) is 0. The van der Waals surface area contributed by atoms with Gasteiger partial charge in [-0.2, -0.15) is 0 Å². The molecule has 0 heterocycles. The van der Waals surface area contributed by atoms with Gasteiger partial charge in [-0.05, 0) is 0 Å². The van der Waals surface area contributed by atoms with Crippen molar-refractivity contribution in [3.63, 3.8) is 0 Å². The maximum atomic E-state index is 9.36. The van der Waals surface area contributed by atoms with Crippen LogP contribution in [0, 0.1) is 0 Å². The molecule has 0 aliphatic heterocycles. The SMILES string of the molecule is CC(=O)[SH2+].[K+].[OH-].[OH-]. The molecule has 0 aromatic heterocycles. The molecule has 0 aliphatic rings. The summed E-state index contributed by atoms with van der Waals surface area (Å²) >= 11 is 2.67. The first kappa shape index (κ1) is 23.5. The summed E-state index contributed by atoms with van der Waals surface area (Å²) in [6, 6.07) is 0. The zero-order valence-corrected chi connectivity index (χ0v) is 8.43. The van der Waals surface area contributed by atoms with Gasteiger partial charge in [0.15, 0.2) is 0 Å². The third-order valence-electron chi connectivity index (χ3n) is 0. The van der Waals surface area contributed by atoms with Crippen molar-refractivity contribution in [2.75, 3.05) is 0 Å². The van der Waals surface area contributed by atoms with E-state index in [-0.39, 0.29) is 67.5 Å². The van der Waals surface area contributed by atoms with Crippen LogP contribution in [0.4, 0.5) is 0 Å². The minimum absolute atomic E-state index is 0. The van der Waals surface area contributed by atoms with E-state index in [0.29, 0.717) is 0 Å². The molecular weight excluding hydrogens is 143 g/mol. The van der Waals surface area contributed by atoms with Crippen molar-refractivity contribution in [1.82, 2.24) is 0 Å². The predicted molar refractivity (Wildman–Crippen MR) is 24.7 cm³/mol. The van der Waals surface area contributed by atoms with Crippen LogP contribution in [0.25, 0.3) is 0 Å². The first-order valence-electron chi connectivity index (χ1n) is 0.954. The van der Waals surface area contributed by atoms with Gasteiger partial charge in [0.2, 0.25) is 0 Å². The Labute approximate surface area is 90.3 Å². The van der Waals surface area contributed by atoms with Crippen molar-refractivity contribution >= 4 is 17.7 Å². The molecular formula is C2H7KO3S. The second kappa shape index (κ2) is 15.6. The molecule has 0 aliphatic carbocycles. The summed E-state index contributed by atoms with van der Waals surface area (Å²) in [6.45, 7) is 1.44. The molecule has 0 radical (unpaired) electrons. The van der Waals surface area contributed by atoms with E-state index in [9.17, 15) is 4.79 Å². The van der Waals surface area contributed by atoms with Gasteiger partial charge in [-0.25, -0.2) is 4.79 Å². The number of carbonyl (C=O) groups is 1. The van der Waals surface area contributed by atoms with E-state index in [1.165, 1.54) is 6.92 Å². The van der Waals surface area contributed by atoms with Crippen molar-refractivity contribution in [1.29, 1.82) is 0 Å². The first-order chi connectivity index (χ1) is 1.73. The molecule has 0 unspecified atom stereocenters.